The van der Waals surface area contributed by atoms with Gasteiger partial charge in [0.15, 0.2) is 0 Å². The molecule has 0 amide bonds. The second-order valence-corrected chi connectivity index (χ2v) is 8.63. The lowest BCUT2D eigenvalue weighted by molar-refractivity contribution is 0.585. The van der Waals surface area contributed by atoms with Gasteiger partial charge in [-0.15, -0.1) is 0 Å². The molecule has 2 unspecified atom stereocenters. The Balaban J connectivity index is 2.21. The molecule has 1 fully saturated rings. The van der Waals surface area contributed by atoms with Gasteiger partial charge in [0.05, 0.1) is 0 Å². The second-order valence-electron chi connectivity index (χ2n) is 5.83. The van der Waals surface area contributed by atoms with Gasteiger partial charge in [0.25, 0.3) is 0 Å². The molecule has 0 radical (unpaired) electrons. The number of rotatable bonds is 4. The maximum absolute atomic E-state index is 4.68. The van der Waals surface area contributed by atoms with E-state index in [1.165, 1.54) is 5.56 Å². The summed E-state index contributed by atoms with van der Waals surface area (Å²) >= 11 is 5.61. The van der Waals surface area contributed by atoms with Crippen molar-refractivity contribution in [2.45, 2.75) is 50.8 Å². The lowest BCUT2D eigenvalue weighted by Gasteiger charge is -2.36. The minimum Gasteiger partial charge on any atom is -0.354 e. The van der Waals surface area contributed by atoms with Crippen LogP contribution in [0.1, 0.15) is 33.3 Å². The highest BCUT2D eigenvalue weighted by molar-refractivity contribution is 9.10. The largest absolute Gasteiger partial charge is 0.354 e. The van der Waals surface area contributed by atoms with Gasteiger partial charge in [-0.2, -0.15) is 11.8 Å². The summed E-state index contributed by atoms with van der Waals surface area (Å²) in [7, 11) is 0. The molecule has 3 nitrogen and oxygen atoms in total. The number of hydrogen-bond donors (Lipinski definition) is 1. The normalized spacial score (nSPS) is 23.4. The Labute approximate surface area is 135 Å². The van der Waals surface area contributed by atoms with Gasteiger partial charge >= 0.3 is 0 Å². The zero-order valence-electron chi connectivity index (χ0n) is 12.7. The van der Waals surface area contributed by atoms with Crippen molar-refractivity contribution in [1.29, 1.82) is 0 Å². The number of aromatic nitrogens is 1. The maximum Gasteiger partial charge on any atom is 0.133 e. The monoisotopic (exact) mass is 357 g/mol. The number of nitrogens with zero attached hydrogens (tertiary/aromatic N) is 2. The Hall–Kier alpha value is -0.260. The molecule has 0 saturated carbocycles. The van der Waals surface area contributed by atoms with Crippen LogP contribution in [0.2, 0.25) is 0 Å². The van der Waals surface area contributed by atoms with Crippen LogP contribution in [-0.2, 0) is 6.54 Å². The predicted octanol–water partition coefficient (Wildman–Crippen LogP) is 3.67. The van der Waals surface area contributed by atoms with E-state index in [-0.39, 0.29) is 0 Å². The van der Waals surface area contributed by atoms with Crippen LogP contribution in [-0.4, -0.2) is 34.6 Å². The third-order valence-corrected chi connectivity index (χ3v) is 4.99. The molecule has 1 saturated heterocycles. The quantitative estimate of drug-likeness (QED) is 0.889. The van der Waals surface area contributed by atoms with E-state index in [0.717, 1.165) is 29.9 Å². The van der Waals surface area contributed by atoms with Gasteiger partial charge in [0.1, 0.15) is 5.82 Å². The third kappa shape index (κ3) is 4.37. The summed E-state index contributed by atoms with van der Waals surface area (Å²) in [5, 5.41) is 4.82. The lowest BCUT2D eigenvalue weighted by Crippen LogP contribution is -2.41. The van der Waals surface area contributed by atoms with Crippen LogP contribution in [0.25, 0.3) is 0 Å². The Morgan fingerprint density at radius 3 is 2.65 bits per heavy atom. The zero-order valence-corrected chi connectivity index (χ0v) is 15.1. The van der Waals surface area contributed by atoms with Crippen LogP contribution in [0.5, 0.6) is 0 Å². The Kier molecular flexibility index (Phi) is 5.75. The number of pyridine rings is 1. The van der Waals surface area contributed by atoms with Crippen LogP contribution >= 0.6 is 27.7 Å². The van der Waals surface area contributed by atoms with Crippen molar-refractivity contribution in [3.05, 3.63) is 22.3 Å². The summed E-state index contributed by atoms with van der Waals surface area (Å²) < 4.78 is 1.05. The van der Waals surface area contributed by atoms with Crippen molar-refractivity contribution in [3.8, 4) is 0 Å². The summed E-state index contributed by atoms with van der Waals surface area (Å²) in [5.74, 6) is 1.14. The van der Waals surface area contributed by atoms with E-state index in [9.17, 15) is 0 Å². The summed E-state index contributed by atoms with van der Waals surface area (Å²) in [5.41, 5.74) is 1.28. The first-order valence-corrected chi connectivity index (χ1v) is 8.97. The van der Waals surface area contributed by atoms with Crippen molar-refractivity contribution >= 4 is 33.5 Å². The standard InChI is InChI=1S/C15H24BrN3S/c1-10(2)17-6-13-5-14(16)7-18-15(13)19-8-11(3)20-12(4)9-19/h5,7,10-12,17H,6,8-9H2,1-4H3. The molecular formula is C15H24BrN3S. The Morgan fingerprint density at radius 2 is 2.05 bits per heavy atom. The highest BCUT2D eigenvalue weighted by atomic mass is 79.9. The van der Waals surface area contributed by atoms with Crippen LogP contribution in [0.15, 0.2) is 16.7 Å². The van der Waals surface area contributed by atoms with Gasteiger partial charge in [0, 0.05) is 52.4 Å². The van der Waals surface area contributed by atoms with E-state index in [2.05, 4.69) is 76.7 Å². The van der Waals surface area contributed by atoms with Crippen molar-refractivity contribution < 1.29 is 0 Å². The number of nitrogens with one attached hydrogen (secondary N) is 1. The molecule has 112 valence electrons. The van der Waals surface area contributed by atoms with Gasteiger partial charge in [0.2, 0.25) is 0 Å². The van der Waals surface area contributed by atoms with E-state index in [4.69, 9.17) is 0 Å². The first-order chi connectivity index (χ1) is 9.45. The number of halogens is 1. The lowest BCUT2D eigenvalue weighted by atomic mass is 10.2. The molecule has 0 aliphatic carbocycles. The van der Waals surface area contributed by atoms with Gasteiger partial charge in [-0.3, -0.25) is 0 Å². The van der Waals surface area contributed by atoms with Crippen molar-refractivity contribution in [2.75, 3.05) is 18.0 Å². The van der Waals surface area contributed by atoms with Crippen LogP contribution < -0.4 is 10.2 Å². The SMILES string of the molecule is CC(C)NCc1cc(Br)cnc1N1CC(C)SC(C)C1. The van der Waals surface area contributed by atoms with E-state index < -0.39 is 0 Å². The topological polar surface area (TPSA) is 28.2 Å². The predicted molar refractivity (Wildman–Crippen MR) is 92.6 cm³/mol. The van der Waals surface area contributed by atoms with Crippen LogP contribution in [0.3, 0.4) is 0 Å². The summed E-state index contributed by atoms with van der Waals surface area (Å²) in [4.78, 5) is 7.12. The van der Waals surface area contributed by atoms with Gasteiger partial charge in [-0.25, -0.2) is 4.98 Å². The molecule has 2 rings (SSSR count). The van der Waals surface area contributed by atoms with Crippen molar-refractivity contribution in [3.63, 3.8) is 0 Å². The number of thioether (sulfide) groups is 1. The number of hydrogen-bond acceptors (Lipinski definition) is 4. The molecule has 2 atom stereocenters. The van der Waals surface area contributed by atoms with Crippen molar-refractivity contribution in [2.24, 2.45) is 0 Å². The summed E-state index contributed by atoms with van der Waals surface area (Å²) in [6.07, 6.45) is 1.91. The summed E-state index contributed by atoms with van der Waals surface area (Å²) in [6, 6.07) is 2.67. The fourth-order valence-electron chi connectivity index (χ4n) is 2.55. The highest BCUT2D eigenvalue weighted by Gasteiger charge is 2.24. The molecule has 1 aromatic heterocycles. The molecule has 1 N–H and O–H groups in total. The van der Waals surface area contributed by atoms with E-state index in [1.54, 1.807) is 0 Å². The minimum absolute atomic E-state index is 0.483. The van der Waals surface area contributed by atoms with Gasteiger partial charge in [-0.05, 0) is 22.0 Å². The van der Waals surface area contributed by atoms with Gasteiger partial charge < -0.3 is 10.2 Å². The molecule has 2 heterocycles. The first-order valence-electron chi connectivity index (χ1n) is 7.24. The van der Waals surface area contributed by atoms with Crippen LogP contribution in [0.4, 0.5) is 5.82 Å². The molecule has 5 heteroatoms. The van der Waals surface area contributed by atoms with E-state index in [0.29, 0.717) is 16.5 Å². The molecular weight excluding hydrogens is 334 g/mol. The van der Waals surface area contributed by atoms with E-state index in [1.807, 2.05) is 6.20 Å². The van der Waals surface area contributed by atoms with Crippen molar-refractivity contribution in [1.82, 2.24) is 10.3 Å². The molecule has 1 aromatic rings. The average Bonchev–Trinajstić information content (AvgIpc) is 2.35. The molecule has 0 bridgehead atoms. The summed E-state index contributed by atoms with van der Waals surface area (Å²) in [6.45, 7) is 12.0. The molecule has 20 heavy (non-hydrogen) atoms. The molecule has 0 spiro atoms. The minimum atomic E-state index is 0.483. The molecule has 1 aliphatic rings. The van der Waals surface area contributed by atoms with E-state index >= 15 is 0 Å². The van der Waals surface area contributed by atoms with Gasteiger partial charge in [-0.1, -0.05) is 27.7 Å². The smallest absolute Gasteiger partial charge is 0.133 e. The molecule has 0 aromatic carbocycles. The zero-order chi connectivity index (χ0) is 14.7. The Morgan fingerprint density at radius 1 is 1.40 bits per heavy atom. The fourth-order valence-corrected chi connectivity index (χ4v) is 4.26. The maximum atomic E-state index is 4.68. The fraction of sp³-hybridized carbons (Fsp3) is 0.667. The molecule has 1 aliphatic heterocycles. The average molecular weight is 358 g/mol. The van der Waals surface area contributed by atoms with Crippen LogP contribution in [0, 0.1) is 0 Å². The highest BCUT2D eigenvalue weighted by Crippen LogP contribution is 2.30. The Bertz CT molecular complexity index is 443. The first kappa shape index (κ1) is 16.1. The third-order valence-electron chi connectivity index (χ3n) is 3.33. The second kappa shape index (κ2) is 7.14. The number of anilines is 1.